The highest BCUT2D eigenvalue weighted by molar-refractivity contribution is 7.89. The fraction of sp³-hybridized carbons (Fsp3) is 0.158. The Bertz CT molecular complexity index is 907. The largest absolute Gasteiger partial charge is 0.289 e. The van der Waals surface area contributed by atoms with Gasteiger partial charge in [-0.25, -0.2) is 13.1 Å². The number of allylic oxidation sites excluding steroid dienone is 1. The van der Waals surface area contributed by atoms with E-state index in [2.05, 4.69) is 4.72 Å². The SMILES string of the molecule is CCCNS(=O)(=O)c1ccc(C(=O)C=Cc2ccc(C#N)cc2)cc1. The molecule has 0 atom stereocenters. The van der Waals surface area contributed by atoms with Crippen LogP contribution in [0.1, 0.15) is 34.8 Å². The summed E-state index contributed by atoms with van der Waals surface area (Å²) in [7, 11) is -3.53. The predicted octanol–water partition coefficient (Wildman–Crippen LogP) is 3.14. The second-order valence-electron chi connectivity index (χ2n) is 5.35. The summed E-state index contributed by atoms with van der Waals surface area (Å²) in [5.74, 6) is -0.227. The lowest BCUT2D eigenvalue weighted by Gasteiger charge is -2.05. The summed E-state index contributed by atoms with van der Waals surface area (Å²) in [6.07, 6.45) is 3.77. The van der Waals surface area contributed by atoms with Crippen LogP contribution >= 0.6 is 0 Å². The van der Waals surface area contributed by atoms with Gasteiger partial charge < -0.3 is 0 Å². The third kappa shape index (κ3) is 5.11. The first-order valence-electron chi connectivity index (χ1n) is 7.78. The molecule has 2 rings (SSSR count). The number of ketones is 1. The van der Waals surface area contributed by atoms with Gasteiger partial charge in [-0.3, -0.25) is 4.79 Å². The van der Waals surface area contributed by atoms with Crippen molar-refractivity contribution in [1.82, 2.24) is 4.72 Å². The van der Waals surface area contributed by atoms with Crippen LogP contribution < -0.4 is 4.72 Å². The van der Waals surface area contributed by atoms with Gasteiger partial charge >= 0.3 is 0 Å². The van der Waals surface area contributed by atoms with Gasteiger partial charge in [-0.1, -0.05) is 25.1 Å². The Morgan fingerprint density at radius 2 is 1.76 bits per heavy atom. The van der Waals surface area contributed by atoms with Crippen molar-refractivity contribution in [2.75, 3.05) is 6.54 Å². The summed E-state index contributed by atoms with van der Waals surface area (Å²) in [5.41, 5.74) is 1.76. The number of benzene rings is 2. The number of hydrogen-bond donors (Lipinski definition) is 1. The Morgan fingerprint density at radius 1 is 1.12 bits per heavy atom. The Balaban J connectivity index is 2.09. The maximum absolute atomic E-state index is 12.2. The van der Waals surface area contributed by atoms with Gasteiger partial charge in [0.2, 0.25) is 10.0 Å². The number of rotatable bonds is 7. The summed E-state index contributed by atoms with van der Waals surface area (Å²) in [6.45, 7) is 2.25. The molecule has 0 bridgehead atoms. The summed E-state index contributed by atoms with van der Waals surface area (Å²) in [5, 5.41) is 8.75. The van der Waals surface area contributed by atoms with Gasteiger partial charge in [0.05, 0.1) is 16.5 Å². The minimum atomic E-state index is -3.53. The topological polar surface area (TPSA) is 87.0 Å². The standard InChI is InChI=1S/C19H18N2O3S/c1-2-13-21-25(23,24)18-10-8-17(9-11-18)19(22)12-7-15-3-5-16(14-20)6-4-15/h3-12,21H,2,13H2,1H3. The van der Waals surface area contributed by atoms with E-state index in [-0.39, 0.29) is 10.7 Å². The van der Waals surface area contributed by atoms with Crippen molar-refractivity contribution in [2.24, 2.45) is 0 Å². The molecule has 0 radical (unpaired) electrons. The molecule has 0 amide bonds. The molecule has 0 saturated carbocycles. The van der Waals surface area contributed by atoms with Crippen molar-refractivity contribution in [3.63, 3.8) is 0 Å². The summed E-state index contributed by atoms with van der Waals surface area (Å²) < 4.78 is 26.5. The van der Waals surface area contributed by atoms with Crippen molar-refractivity contribution in [3.8, 4) is 6.07 Å². The fourth-order valence-corrected chi connectivity index (χ4v) is 3.19. The highest BCUT2D eigenvalue weighted by Crippen LogP contribution is 2.12. The van der Waals surface area contributed by atoms with Gasteiger partial charge in [0.1, 0.15) is 0 Å². The van der Waals surface area contributed by atoms with E-state index in [0.29, 0.717) is 24.1 Å². The molecule has 5 nitrogen and oxygen atoms in total. The highest BCUT2D eigenvalue weighted by Gasteiger charge is 2.13. The van der Waals surface area contributed by atoms with E-state index in [4.69, 9.17) is 5.26 Å². The second-order valence-corrected chi connectivity index (χ2v) is 7.12. The Morgan fingerprint density at radius 3 is 2.32 bits per heavy atom. The van der Waals surface area contributed by atoms with Crippen molar-refractivity contribution >= 4 is 21.9 Å². The highest BCUT2D eigenvalue weighted by atomic mass is 32.2. The van der Waals surface area contributed by atoms with E-state index in [1.165, 1.54) is 30.3 Å². The average molecular weight is 354 g/mol. The molecular formula is C19H18N2O3S. The molecule has 6 heteroatoms. The quantitative estimate of drug-likeness (QED) is 0.611. The van der Waals surface area contributed by atoms with Gasteiger partial charge in [-0.15, -0.1) is 0 Å². The molecule has 128 valence electrons. The maximum Gasteiger partial charge on any atom is 0.240 e. The summed E-state index contributed by atoms with van der Waals surface area (Å²) in [4.78, 5) is 12.3. The third-order valence-corrected chi connectivity index (χ3v) is 4.94. The molecule has 25 heavy (non-hydrogen) atoms. The van der Waals surface area contributed by atoms with Crippen LogP contribution in [-0.4, -0.2) is 20.7 Å². The van der Waals surface area contributed by atoms with Gasteiger partial charge in [0, 0.05) is 12.1 Å². The average Bonchev–Trinajstić information content (AvgIpc) is 2.65. The van der Waals surface area contributed by atoms with E-state index in [9.17, 15) is 13.2 Å². The molecule has 1 N–H and O–H groups in total. The third-order valence-electron chi connectivity index (χ3n) is 3.46. The summed E-state index contributed by atoms with van der Waals surface area (Å²) in [6, 6.07) is 14.7. The van der Waals surface area contributed by atoms with Crippen LogP contribution in [0.4, 0.5) is 0 Å². The van der Waals surface area contributed by atoms with Gasteiger partial charge in [0.15, 0.2) is 5.78 Å². The molecule has 0 aromatic heterocycles. The lowest BCUT2D eigenvalue weighted by atomic mass is 10.1. The van der Waals surface area contributed by atoms with E-state index in [1.54, 1.807) is 30.3 Å². The van der Waals surface area contributed by atoms with Crippen molar-refractivity contribution < 1.29 is 13.2 Å². The molecule has 2 aromatic rings. The van der Waals surface area contributed by atoms with E-state index < -0.39 is 10.0 Å². The molecule has 2 aromatic carbocycles. The van der Waals surface area contributed by atoms with Crippen molar-refractivity contribution in [1.29, 1.82) is 5.26 Å². The lowest BCUT2D eigenvalue weighted by Crippen LogP contribution is -2.24. The normalized spacial score (nSPS) is 11.4. The lowest BCUT2D eigenvalue weighted by molar-refractivity contribution is 0.104. The number of nitrogens with zero attached hydrogens (tertiary/aromatic N) is 1. The molecule has 0 aliphatic rings. The molecule has 0 heterocycles. The van der Waals surface area contributed by atoms with E-state index in [1.807, 2.05) is 13.0 Å². The Kier molecular flexibility index (Phi) is 6.23. The van der Waals surface area contributed by atoms with E-state index in [0.717, 1.165) is 5.56 Å². The molecule has 0 saturated heterocycles. The number of nitrogens with one attached hydrogen (secondary N) is 1. The number of carbonyl (C=O) groups is 1. The van der Waals surface area contributed by atoms with Crippen LogP contribution in [0.3, 0.4) is 0 Å². The second kappa shape index (κ2) is 8.38. The zero-order chi connectivity index (χ0) is 18.3. The Hall–Kier alpha value is -2.75. The number of carbonyl (C=O) groups excluding carboxylic acids is 1. The number of hydrogen-bond acceptors (Lipinski definition) is 4. The smallest absolute Gasteiger partial charge is 0.240 e. The van der Waals surface area contributed by atoms with Gasteiger partial charge in [-0.2, -0.15) is 5.26 Å². The Labute approximate surface area is 147 Å². The zero-order valence-corrected chi connectivity index (χ0v) is 14.6. The molecule has 0 aliphatic carbocycles. The number of sulfonamides is 1. The molecule has 0 aliphatic heterocycles. The zero-order valence-electron chi connectivity index (χ0n) is 13.8. The molecule has 0 fully saturated rings. The van der Waals surface area contributed by atoms with Crippen molar-refractivity contribution in [2.45, 2.75) is 18.2 Å². The van der Waals surface area contributed by atoms with Crippen LogP contribution in [-0.2, 0) is 10.0 Å². The van der Waals surface area contributed by atoms with Crippen LogP contribution in [0.15, 0.2) is 59.5 Å². The van der Waals surface area contributed by atoms with Crippen molar-refractivity contribution in [3.05, 3.63) is 71.3 Å². The minimum absolute atomic E-state index is 0.133. The first-order chi connectivity index (χ1) is 12.0. The first kappa shape index (κ1) is 18.6. The number of nitriles is 1. The monoisotopic (exact) mass is 354 g/mol. The van der Waals surface area contributed by atoms with Gasteiger partial charge in [-0.05, 0) is 54.5 Å². The van der Waals surface area contributed by atoms with Crippen LogP contribution in [0.2, 0.25) is 0 Å². The predicted molar refractivity (Wildman–Crippen MR) is 96.4 cm³/mol. The van der Waals surface area contributed by atoms with Crippen LogP contribution in [0.5, 0.6) is 0 Å². The maximum atomic E-state index is 12.2. The van der Waals surface area contributed by atoms with Crippen LogP contribution in [0.25, 0.3) is 6.08 Å². The van der Waals surface area contributed by atoms with Crippen LogP contribution in [0, 0.1) is 11.3 Å². The molecular weight excluding hydrogens is 336 g/mol. The molecule has 0 unspecified atom stereocenters. The fourth-order valence-electron chi connectivity index (χ4n) is 2.06. The first-order valence-corrected chi connectivity index (χ1v) is 9.27. The summed E-state index contributed by atoms with van der Waals surface area (Å²) >= 11 is 0. The minimum Gasteiger partial charge on any atom is -0.289 e. The van der Waals surface area contributed by atoms with Gasteiger partial charge in [0.25, 0.3) is 0 Å². The molecule has 0 spiro atoms. The van der Waals surface area contributed by atoms with E-state index >= 15 is 0 Å².